The van der Waals surface area contributed by atoms with Crippen molar-refractivity contribution < 1.29 is 19.0 Å². The summed E-state index contributed by atoms with van der Waals surface area (Å²) in [5, 5.41) is 9.57. The van der Waals surface area contributed by atoms with E-state index in [1.165, 1.54) is 0 Å². The number of nitrogens with one attached hydrogen (secondary N) is 2. The molecule has 2 N–H and O–H groups in total. The van der Waals surface area contributed by atoms with Crippen molar-refractivity contribution in [1.82, 2.24) is 15.2 Å². The molecule has 1 saturated heterocycles. The van der Waals surface area contributed by atoms with Crippen molar-refractivity contribution in [2.75, 3.05) is 25.1 Å². The summed E-state index contributed by atoms with van der Waals surface area (Å²) in [6.07, 6.45) is 2.93. The molecule has 0 aliphatic carbocycles. The smallest absolute Gasteiger partial charge is 0.248 e. The van der Waals surface area contributed by atoms with E-state index in [-0.39, 0.29) is 24.4 Å². The highest BCUT2D eigenvalue weighted by Crippen LogP contribution is 2.30. The number of aromatic nitrogens is 3. The van der Waals surface area contributed by atoms with Gasteiger partial charge in [0.1, 0.15) is 6.10 Å². The van der Waals surface area contributed by atoms with E-state index in [0.717, 1.165) is 37.2 Å². The van der Waals surface area contributed by atoms with Crippen LogP contribution in [0, 0.1) is 0 Å². The van der Waals surface area contributed by atoms with Gasteiger partial charge in [-0.1, -0.05) is 6.07 Å². The molecule has 0 spiro atoms. The Hall–Kier alpha value is -2.61. The molecule has 0 radical (unpaired) electrons. The van der Waals surface area contributed by atoms with Crippen LogP contribution in [0.2, 0.25) is 0 Å². The number of nitrogens with zero attached hydrogens (tertiary/aromatic N) is 2. The highest BCUT2D eigenvalue weighted by molar-refractivity contribution is 5.90. The first-order valence-electron chi connectivity index (χ1n) is 8.50. The Morgan fingerprint density at radius 1 is 1.20 bits per heavy atom. The SMILES string of the molecule is O=C(Cc1ccc2c(c1)OCCCO2)Nc1n[nH]c([C@@H]2CCCO2)n1. The van der Waals surface area contributed by atoms with Crippen molar-refractivity contribution in [2.45, 2.75) is 31.8 Å². The molecule has 0 bridgehead atoms. The number of ether oxygens (including phenoxy) is 3. The summed E-state index contributed by atoms with van der Waals surface area (Å²) in [6, 6.07) is 5.55. The lowest BCUT2D eigenvalue weighted by molar-refractivity contribution is -0.115. The van der Waals surface area contributed by atoms with Crippen LogP contribution in [0.5, 0.6) is 11.5 Å². The van der Waals surface area contributed by atoms with Crippen molar-refractivity contribution >= 4 is 11.9 Å². The number of carbonyl (C=O) groups is 1. The minimum atomic E-state index is -0.188. The standard InChI is InChI=1S/C17H20N4O4/c22-15(18-17-19-16(20-21-17)13-3-1-6-24-13)10-11-4-5-12-14(9-11)25-8-2-7-23-12/h4-5,9,13H,1-3,6-8,10H2,(H2,18,19,20,21,22)/t13-/m0/s1. The third-order valence-electron chi connectivity index (χ3n) is 4.17. The van der Waals surface area contributed by atoms with E-state index in [2.05, 4.69) is 20.5 Å². The average Bonchev–Trinajstić information content (AvgIpc) is 3.23. The van der Waals surface area contributed by atoms with E-state index in [1.807, 2.05) is 18.2 Å². The molecule has 1 atom stereocenters. The molecule has 2 aliphatic rings. The molecule has 1 amide bonds. The first-order valence-corrected chi connectivity index (χ1v) is 8.50. The zero-order chi connectivity index (χ0) is 17.1. The highest BCUT2D eigenvalue weighted by Gasteiger charge is 2.22. The Morgan fingerprint density at radius 2 is 2.08 bits per heavy atom. The molecule has 0 saturated carbocycles. The maximum absolute atomic E-state index is 12.2. The molecule has 1 aromatic carbocycles. The first-order chi connectivity index (χ1) is 12.3. The molecule has 8 nitrogen and oxygen atoms in total. The lowest BCUT2D eigenvalue weighted by Gasteiger charge is -2.09. The van der Waals surface area contributed by atoms with Crippen LogP contribution < -0.4 is 14.8 Å². The first kappa shape index (κ1) is 15.9. The fraction of sp³-hybridized carbons (Fsp3) is 0.471. The minimum absolute atomic E-state index is 0.0557. The molecule has 4 rings (SSSR count). The maximum Gasteiger partial charge on any atom is 0.248 e. The Bertz CT molecular complexity index is 755. The van der Waals surface area contributed by atoms with Crippen LogP contribution in [0.3, 0.4) is 0 Å². The fourth-order valence-corrected chi connectivity index (χ4v) is 2.94. The second-order valence-corrected chi connectivity index (χ2v) is 6.10. The fourth-order valence-electron chi connectivity index (χ4n) is 2.94. The third kappa shape index (κ3) is 3.74. The van der Waals surface area contributed by atoms with Crippen molar-refractivity contribution in [3.8, 4) is 11.5 Å². The van der Waals surface area contributed by atoms with Crippen molar-refractivity contribution in [2.24, 2.45) is 0 Å². The molecule has 1 aromatic heterocycles. The van der Waals surface area contributed by atoms with Crippen LogP contribution in [0.4, 0.5) is 5.95 Å². The predicted octanol–water partition coefficient (Wildman–Crippen LogP) is 2.00. The number of amides is 1. The van der Waals surface area contributed by atoms with Gasteiger partial charge in [0.15, 0.2) is 17.3 Å². The molecule has 132 valence electrons. The number of benzene rings is 1. The second-order valence-electron chi connectivity index (χ2n) is 6.10. The van der Waals surface area contributed by atoms with Crippen molar-refractivity contribution in [3.63, 3.8) is 0 Å². The van der Waals surface area contributed by atoms with Gasteiger partial charge < -0.3 is 14.2 Å². The number of carbonyl (C=O) groups excluding carboxylic acids is 1. The number of fused-ring (bicyclic) bond motifs is 1. The number of rotatable bonds is 4. The quantitative estimate of drug-likeness (QED) is 0.880. The van der Waals surface area contributed by atoms with Gasteiger partial charge in [0.25, 0.3) is 0 Å². The van der Waals surface area contributed by atoms with E-state index in [1.54, 1.807) is 0 Å². The van der Waals surface area contributed by atoms with Gasteiger partial charge >= 0.3 is 0 Å². The van der Waals surface area contributed by atoms with Crippen LogP contribution in [0.25, 0.3) is 0 Å². The van der Waals surface area contributed by atoms with E-state index < -0.39 is 0 Å². The summed E-state index contributed by atoms with van der Waals surface area (Å²) in [4.78, 5) is 16.5. The Balaban J connectivity index is 1.38. The molecular formula is C17H20N4O4. The zero-order valence-electron chi connectivity index (χ0n) is 13.8. The summed E-state index contributed by atoms with van der Waals surface area (Å²) in [5.74, 6) is 2.14. The van der Waals surface area contributed by atoms with E-state index >= 15 is 0 Å². The van der Waals surface area contributed by atoms with Gasteiger partial charge in [-0.15, -0.1) is 5.10 Å². The number of hydrogen-bond donors (Lipinski definition) is 2. The summed E-state index contributed by atoms with van der Waals surface area (Å²) in [5.41, 5.74) is 0.844. The largest absolute Gasteiger partial charge is 0.490 e. The summed E-state index contributed by atoms with van der Waals surface area (Å²) in [6.45, 7) is 1.99. The number of H-pyrrole nitrogens is 1. The highest BCUT2D eigenvalue weighted by atomic mass is 16.5. The van der Waals surface area contributed by atoms with Gasteiger partial charge in [-0.05, 0) is 30.5 Å². The van der Waals surface area contributed by atoms with Crippen molar-refractivity contribution in [3.05, 3.63) is 29.6 Å². The van der Waals surface area contributed by atoms with Gasteiger partial charge in [-0.25, -0.2) is 0 Å². The number of hydrogen-bond acceptors (Lipinski definition) is 6. The van der Waals surface area contributed by atoms with E-state index in [9.17, 15) is 4.79 Å². The van der Waals surface area contributed by atoms with Crippen LogP contribution in [0.1, 0.15) is 36.8 Å². The molecule has 0 unspecified atom stereocenters. The van der Waals surface area contributed by atoms with Gasteiger partial charge in [0.2, 0.25) is 11.9 Å². The van der Waals surface area contributed by atoms with Gasteiger partial charge in [0.05, 0.1) is 19.6 Å². The molecule has 2 aliphatic heterocycles. The van der Waals surface area contributed by atoms with Crippen LogP contribution >= 0.6 is 0 Å². The van der Waals surface area contributed by atoms with Gasteiger partial charge in [-0.3, -0.25) is 15.2 Å². The summed E-state index contributed by atoms with van der Waals surface area (Å²) >= 11 is 0. The Labute approximate surface area is 144 Å². The van der Waals surface area contributed by atoms with Crippen molar-refractivity contribution in [1.29, 1.82) is 0 Å². The van der Waals surface area contributed by atoms with Crippen LogP contribution in [0.15, 0.2) is 18.2 Å². The Kier molecular flexibility index (Phi) is 4.51. The topological polar surface area (TPSA) is 98.4 Å². The number of aromatic amines is 1. The summed E-state index contributed by atoms with van der Waals surface area (Å²) in [7, 11) is 0. The lowest BCUT2D eigenvalue weighted by atomic mass is 10.1. The van der Waals surface area contributed by atoms with E-state index in [0.29, 0.717) is 24.8 Å². The third-order valence-corrected chi connectivity index (χ3v) is 4.17. The maximum atomic E-state index is 12.2. The van der Waals surface area contributed by atoms with Crippen LogP contribution in [-0.4, -0.2) is 40.9 Å². The average molecular weight is 344 g/mol. The molecule has 8 heteroatoms. The summed E-state index contributed by atoms with van der Waals surface area (Å²) < 4.78 is 16.8. The zero-order valence-corrected chi connectivity index (χ0v) is 13.8. The van der Waals surface area contributed by atoms with Crippen LogP contribution in [-0.2, 0) is 16.0 Å². The van der Waals surface area contributed by atoms with E-state index in [4.69, 9.17) is 14.2 Å². The Morgan fingerprint density at radius 3 is 2.92 bits per heavy atom. The molecule has 1 fully saturated rings. The predicted molar refractivity (Wildman–Crippen MR) is 88.7 cm³/mol. The van der Waals surface area contributed by atoms with Gasteiger partial charge in [0, 0.05) is 13.0 Å². The van der Waals surface area contributed by atoms with Gasteiger partial charge in [-0.2, -0.15) is 4.98 Å². The molecular weight excluding hydrogens is 324 g/mol. The molecule has 2 aromatic rings. The lowest BCUT2D eigenvalue weighted by Crippen LogP contribution is -2.15. The minimum Gasteiger partial charge on any atom is -0.490 e. The normalized spacial score (nSPS) is 19.4. The molecule has 3 heterocycles. The second kappa shape index (κ2) is 7.10. The monoisotopic (exact) mass is 344 g/mol. The molecule has 25 heavy (non-hydrogen) atoms. The number of anilines is 1.